The third-order valence-corrected chi connectivity index (χ3v) is 5.26. The molecule has 0 bridgehead atoms. The lowest BCUT2D eigenvalue weighted by Crippen LogP contribution is -2.49. The van der Waals surface area contributed by atoms with Crippen molar-refractivity contribution in [2.24, 2.45) is 23.3 Å². The molecule has 1 aliphatic carbocycles. The van der Waals surface area contributed by atoms with Gasteiger partial charge in [0.25, 0.3) is 0 Å². The van der Waals surface area contributed by atoms with Crippen LogP contribution < -0.4 is 11.5 Å². The number of benzene rings is 2. The van der Waals surface area contributed by atoms with Crippen molar-refractivity contribution < 1.29 is 9.59 Å². The molecule has 2 unspecified atom stereocenters. The van der Waals surface area contributed by atoms with E-state index in [4.69, 9.17) is 11.5 Å². The van der Waals surface area contributed by atoms with Gasteiger partial charge >= 0.3 is 0 Å². The Morgan fingerprint density at radius 1 is 0.783 bits per heavy atom. The Balaban J connectivity index is 2.44. The summed E-state index contributed by atoms with van der Waals surface area (Å²) >= 11 is 0. The molecule has 4 heteroatoms. The molecule has 0 fully saturated rings. The minimum Gasteiger partial charge on any atom is -0.369 e. The van der Waals surface area contributed by atoms with Gasteiger partial charge in [-0.05, 0) is 22.3 Å². The fourth-order valence-corrected chi connectivity index (χ4v) is 4.06. The van der Waals surface area contributed by atoms with Gasteiger partial charge < -0.3 is 11.5 Å². The van der Waals surface area contributed by atoms with Gasteiger partial charge in [0.1, 0.15) is 0 Å². The van der Waals surface area contributed by atoms with E-state index in [1.807, 2.05) is 48.5 Å². The molecule has 23 heavy (non-hydrogen) atoms. The summed E-state index contributed by atoms with van der Waals surface area (Å²) < 4.78 is 0. The quantitative estimate of drug-likeness (QED) is 0.907. The second-order valence-electron chi connectivity index (χ2n) is 6.21. The van der Waals surface area contributed by atoms with Crippen molar-refractivity contribution in [1.29, 1.82) is 0 Å². The van der Waals surface area contributed by atoms with Gasteiger partial charge in [0.05, 0.1) is 0 Å². The molecule has 118 valence electrons. The van der Waals surface area contributed by atoms with E-state index in [9.17, 15) is 9.59 Å². The Bertz CT molecular complexity index is 730. The second-order valence-corrected chi connectivity index (χ2v) is 6.21. The number of carbonyl (C=O) groups excluding carboxylic acids is 2. The Morgan fingerprint density at radius 2 is 1.13 bits per heavy atom. The number of carbonyl (C=O) groups is 2. The summed E-state index contributed by atoms with van der Waals surface area (Å²) in [6.07, 6.45) is 0. The van der Waals surface area contributed by atoms with Gasteiger partial charge in [-0.15, -0.1) is 0 Å². The standard InChI is InChI=1S/C19H20N2O2/c1-11(17(20)22)19(12(2)18(21)23)15-9-5-3-7-13(15)14-8-4-6-10-16(14)19/h3-12H,1-2H3,(H2,20,22)(H2,21,23). The van der Waals surface area contributed by atoms with Gasteiger partial charge in [-0.25, -0.2) is 0 Å². The third-order valence-electron chi connectivity index (χ3n) is 5.26. The molecule has 0 saturated carbocycles. The third kappa shape index (κ3) is 1.91. The highest BCUT2D eigenvalue weighted by Gasteiger charge is 2.53. The van der Waals surface area contributed by atoms with Crippen LogP contribution in [0.25, 0.3) is 11.1 Å². The fourth-order valence-electron chi connectivity index (χ4n) is 4.06. The van der Waals surface area contributed by atoms with Gasteiger partial charge in [0.15, 0.2) is 0 Å². The lowest BCUT2D eigenvalue weighted by atomic mass is 9.61. The molecule has 4 nitrogen and oxygen atoms in total. The zero-order chi connectivity index (χ0) is 16.8. The summed E-state index contributed by atoms with van der Waals surface area (Å²) in [5.74, 6) is -2.00. The van der Waals surface area contributed by atoms with Crippen molar-refractivity contribution in [3.63, 3.8) is 0 Å². The smallest absolute Gasteiger partial charge is 0.221 e. The van der Waals surface area contributed by atoms with Gasteiger partial charge in [0, 0.05) is 17.3 Å². The Morgan fingerprint density at radius 3 is 1.48 bits per heavy atom. The Labute approximate surface area is 135 Å². The van der Waals surface area contributed by atoms with E-state index in [2.05, 4.69) is 0 Å². The van der Waals surface area contributed by atoms with E-state index < -0.39 is 29.1 Å². The van der Waals surface area contributed by atoms with E-state index in [-0.39, 0.29) is 0 Å². The molecule has 4 N–H and O–H groups in total. The van der Waals surface area contributed by atoms with E-state index in [0.29, 0.717) is 0 Å². The number of rotatable bonds is 4. The number of primary amides is 2. The highest BCUT2D eigenvalue weighted by Crippen LogP contribution is 2.56. The van der Waals surface area contributed by atoms with Crippen molar-refractivity contribution >= 4 is 11.8 Å². The average molecular weight is 308 g/mol. The first-order valence-electron chi connectivity index (χ1n) is 7.70. The van der Waals surface area contributed by atoms with E-state index in [0.717, 1.165) is 22.3 Å². The molecule has 0 heterocycles. The highest BCUT2D eigenvalue weighted by molar-refractivity contribution is 5.91. The van der Waals surface area contributed by atoms with E-state index >= 15 is 0 Å². The zero-order valence-electron chi connectivity index (χ0n) is 13.2. The summed E-state index contributed by atoms with van der Waals surface area (Å²) in [5.41, 5.74) is 14.4. The van der Waals surface area contributed by atoms with Crippen LogP contribution in [0.2, 0.25) is 0 Å². The van der Waals surface area contributed by atoms with Crippen LogP contribution in [0, 0.1) is 11.8 Å². The van der Waals surface area contributed by atoms with Crippen molar-refractivity contribution in [3.8, 4) is 11.1 Å². The van der Waals surface area contributed by atoms with Crippen LogP contribution in [0.4, 0.5) is 0 Å². The van der Waals surface area contributed by atoms with Gasteiger partial charge in [-0.3, -0.25) is 9.59 Å². The fraction of sp³-hybridized carbons (Fsp3) is 0.263. The van der Waals surface area contributed by atoms with E-state index in [1.165, 1.54) is 0 Å². The van der Waals surface area contributed by atoms with Crippen molar-refractivity contribution in [3.05, 3.63) is 59.7 Å². The molecule has 2 atom stereocenters. The molecular weight excluding hydrogens is 288 g/mol. The summed E-state index contributed by atoms with van der Waals surface area (Å²) in [7, 11) is 0. The zero-order valence-corrected chi connectivity index (χ0v) is 13.2. The summed E-state index contributed by atoms with van der Waals surface area (Å²) in [6, 6.07) is 15.7. The van der Waals surface area contributed by atoms with Crippen LogP contribution >= 0.6 is 0 Å². The summed E-state index contributed by atoms with van der Waals surface area (Å²) in [5, 5.41) is 0. The van der Waals surface area contributed by atoms with Crippen LogP contribution in [0.3, 0.4) is 0 Å². The van der Waals surface area contributed by atoms with Crippen LogP contribution in [-0.2, 0) is 15.0 Å². The molecule has 1 aliphatic rings. The van der Waals surface area contributed by atoms with Crippen molar-refractivity contribution in [2.75, 3.05) is 0 Å². The predicted molar refractivity (Wildman–Crippen MR) is 89.4 cm³/mol. The summed E-state index contributed by atoms with van der Waals surface area (Å²) in [6.45, 7) is 3.56. The van der Waals surface area contributed by atoms with Crippen molar-refractivity contribution in [1.82, 2.24) is 0 Å². The lowest BCUT2D eigenvalue weighted by molar-refractivity contribution is -0.127. The second kappa shape index (κ2) is 5.23. The molecule has 0 aliphatic heterocycles. The molecule has 0 aromatic heterocycles. The van der Waals surface area contributed by atoms with Gasteiger partial charge in [0.2, 0.25) is 11.8 Å². The van der Waals surface area contributed by atoms with Crippen LogP contribution in [0.5, 0.6) is 0 Å². The maximum Gasteiger partial charge on any atom is 0.221 e. The van der Waals surface area contributed by atoms with Gasteiger partial charge in [-0.2, -0.15) is 0 Å². The highest BCUT2D eigenvalue weighted by atomic mass is 16.1. The van der Waals surface area contributed by atoms with Crippen molar-refractivity contribution in [2.45, 2.75) is 19.3 Å². The lowest BCUT2D eigenvalue weighted by Gasteiger charge is -2.40. The van der Waals surface area contributed by atoms with Crippen LogP contribution in [-0.4, -0.2) is 11.8 Å². The molecule has 0 saturated heterocycles. The van der Waals surface area contributed by atoms with Crippen LogP contribution in [0.15, 0.2) is 48.5 Å². The van der Waals surface area contributed by atoms with E-state index in [1.54, 1.807) is 13.8 Å². The minimum absolute atomic E-state index is 0.440. The largest absolute Gasteiger partial charge is 0.369 e. The first-order chi connectivity index (χ1) is 10.9. The average Bonchev–Trinajstić information content (AvgIpc) is 2.85. The maximum absolute atomic E-state index is 12.1. The molecular formula is C19H20N2O2. The Kier molecular flexibility index (Phi) is 3.48. The SMILES string of the molecule is CC(C(N)=O)C1(C(C)C(N)=O)c2ccccc2-c2ccccc21. The van der Waals surface area contributed by atoms with Crippen LogP contribution in [0.1, 0.15) is 25.0 Å². The molecule has 0 radical (unpaired) electrons. The monoisotopic (exact) mass is 308 g/mol. The minimum atomic E-state index is -0.829. The normalized spacial score (nSPS) is 17.0. The number of hydrogen-bond acceptors (Lipinski definition) is 2. The number of hydrogen-bond donors (Lipinski definition) is 2. The number of amides is 2. The van der Waals surface area contributed by atoms with Gasteiger partial charge in [-0.1, -0.05) is 62.4 Å². The molecule has 2 aromatic rings. The number of nitrogens with two attached hydrogens (primary N) is 2. The summed E-state index contributed by atoms with van der Waals surface area (Å²) in [4.78, 5) is 24.2. The maximum atomic E-state index is 12.1. The Hall–Kier alpha value is -2.62. The number of fused-ring (bicyclic) bond motifs is 3. The molecule has 2 amide bonds. The molecule has 0 spiro atoms. The first kappa shape index (κ1) is 15.3. The molecule has 3 rings (SSSR count). The first-order valence-corrected chi connectivity index (χ1v) is 7.70. The molecule has 2 aromatic carbocycles. The topological polar surface area (TPSA) is 86.2 Å². The predicted octanol–water partition coefficient (Wildman–Crippen LogP) is 2.20.